The first-order valence-electron chi connectivity index (χ1n) is 8.79. The van der Waals surface area contributed by atoms with E-state index in [4.69, 9.17) is 0 Å². The number of hydrogen-bond acceptors (Lipinski definition) is 0. The molecule has 119 valence electrons. The van der Waals surface area contributed by atoms with E-state index >= 15 is 0 Å². The monoisotopic (exact) mass is 287 g/mol. The average molecular weight is 288 g/mol. The molecule has 0 spiro atoms. The number of unbranched alkanes of at least 4 members (excludes halogenated alkanes) is 6. The Labute approximate surface area is 133 Å². The predicted octanol–water partition coefficient (Wildman–Crippen LogP) is 7.36. The molecule has 0 saturated carbocycles. The van der Waals surface area contributed by atoms with Gasteiger partial charge in [0.15, 0.2) is 0 Å². The van der Waals surface area contributed by atoms with Gasteiger partial charge in [0.2, 0.25) is 0 Å². The Kier molecular flexibility index (Phi) is 18.0. The minimum absolute atomic E-state index is 1.06. The zero-order valence-electron chi connectivity index (χ0n) is 14.3. The fourth-order valence-electron chi connectivity index (χ4n) is 2.00. The van der Waals surface area contributed by atoms with Crippen LogP contribution in [0.15, 0.2) is 48.6 Å². The maximum Gasteiger partial charge on any atom is -0.0169 e. The van der Waals surface area contributed by atoms with Crippen LogP contribution in [0.1, 0.15) is 78.1 Å². The molecular weight excluding hydrogens is 252 g/mol. The van der Waals surface area contributed by atoms with Crippen LogP contribution in [0.5, 0.6) is 0 Å². The van der Waals surface area contributed by atoms with Crippen molar-refractivity contribution in [1.82, 2.24) is 0 Å². The van der Waals surface area contributed by atoms with Gasteiger partial charge < -0.3 is 0 Å². The third-order valence-electron chi connectivity index (χ3n) is 3.32. The molecule has 0 saturated heterocycles. The third kappa shape index (κ3) is 19.0. The minimum Gasteiger partial charge on any atom is -0.0882 e. The van der Waals surface area contributed by atoms with Gasteiger partial charge in [-0.25, -0.2) is 0 Å². The predicted molar refractivity (Wildman–Crippen MR) is 98.4 cm³/mol. The van der Waals surface area contributed by atoms with Gasteiger partial charge in [0.1, 0.15) is 0 Å². The van der Waals surface area contributed by atoms with Crippen molar-refractivity contribution in [3.63, 3.8) is 0 Å². The molecule has 0 aliphatic carbocycles. The SMILES string of the molecule is C[CH]CCC/C=C\C/C=C\C/C=C\C/C=C\CCCCC. The quantitative estimate of drug-likeness (QED) is 0.231. The molecule has 0 aliphatic heterocycles. The average Bonchev–Trinajstić information content (AvgIpc) is 2.50. The lowest BCUT2D eigenvalue weighted by Crippen LogP contribution is -1.71. The maximum absolute atomic E-state index is 2.32. The number of rotatable bonds is 14. The fraction of sp³-hybridized carbons (Fsp3) is 0.571. The van der Waals surface area contributed by atoms with Crippen molar-refractivity contribution in [1.29, 1.82) is 0 Å². The van der Waals surface area contributed by atoms with E-state index in [0.29, 0.717) is 0 Å². The summed E-state index contributed by atoms with van der Waals surface area (Å²) in [4.78, 5) is 0. The van der Waals surface area contributed by atoms with E-state index in [0.717, 1.165) is 19.3 Å². The van der Waals surface area contributed by atoms with E-state index in [1.807, 2.05) is 0 Å². The van der Waals surface area contributed by atoms with Gasteiger partial charge >= 0.3 is 0 Å². The Morgan fingerprint density at radius 3 is 1.48 bits per heavy atom. The van der Waals surface area contributed by atoms with E-state index in [1.165, 1.54) is 44.9 Å². The smallest absolute Gasteiger partial charge is 0.0169 e. The first kappa shape index (κ1) is 20.0. The molecule has 0 rings (SSSR count). The molecule has 0 fully saturated rings. The molecule has 0 aromatic heterocycles. The fourth-order valence-corrected chi connectivity index (χ4v) is 2.00. The van der Waals surface area contributed by atoms with Crippen LogP contribution in [0.2, 0.25) is 0 Å². The normalized spacial score (nSPS) is 12.7. The highest BCUT2D eigenvalue weighted by molar-refractivity contribution is 4.99. The summed E-state index contributed by atoms with van der Waals surface area (Å²) in [6.45, 7) is 4.38. The largest absolute Gasteiger partial charge is 0.0882 e. The number of hydrogen-bond donors (Lipinski definition) is 0. The van der Waals surface area contributed by atoms with Gasteiger partial charge in [-0.3, -0.25) is 0 Å². The third-order valence-corrected chi connectivity index (χ3v) is 3.32. The van der Waals surface area contributed by atoms with Crippen molar-refractivity contribution in [2.75, 3.05) is 0 Å². The summed E-state index contributed by atoms with van der Waals surface area (Å²) >= 11 is 0. The molecule has 0 aliphatic rings. The van der Waals surface area contributed by atoms with Crippen LogP contribution in [0.4, 0.5) is 0 Å². The minimum atomic E-state index is 1.06. The lowest BCUT2D eigenvalue weighted by molar-refractivity contribution is 0.728. The van der Waals surface area contributed by atoms with E-state index < -0.39 is 0 Å². The van der Waals surface area contributed by atoms with Crippen LogP contribution in [-0.4, -0.2) is 0 Å². The van der Waals surface area contributed by atoms with Gasteiger partial charge in [-0.05, 0) is 51.4 Å². The molecule has 0 N–H and O–H groups in total. The molecule has 0 nitrogen and oxygen atoms in total. The van der Waals surface area contributed by atoms with E-state index in [2.05, 4.69) is 68.9 Å². The second-order valence-electron chi connectivity index (χ2n) is 5.43. The van der Waals surface area contributed by atoms with Crippen molar-refractivity contribution in [3.8, 4) is 0 Å². The molecular formula is C21H35. The van der Waals surface area contributed by atoms with Gasteiger partial charge in [0, 0.05) is 0 Å². The van der Waals surface area contributed by atoms with Crippen LogP contribution in [0.3, 0.4) is 0 Å². The topological polar surface area (TPSA) is 0 Å². The van der Waals surface area contributed by atoms with Crippen LogP contribution in [0.25, 0.3) is 0 Å². The van der Waals surface area contributed by atoms with Crippen molar-refractivity contribution in [2.45, 2.75) is 78.1 Å². The van der Waals surface area contributed by atoms with Crippen LogP contribution < -0.4 is 0 Å². The summed E-state index contributed by atoms with van der Waals surface area (Å²) in [5, 5.41) is 0. The molecule has 0 aromatic rings. The molecule has 21 heavy (non-hydrogen) atoms. The summed E-state index contributed by atoms with van der Waals surface area (Å²) in [7, 11) is 0. The molecule has 1 radical (unpaired) electrons. The number of allylic oxidation sites excluding steroid dienone is 8. The summed E-state index contributed by atoms with van der Waals surface area (Å²) < 4.78 is 0. The van der Waals surface area contributed by atoms with Crippen molar-refractivity contribution in [2.24, 2.45) is 0 Å². The molecule has 0 amide bonds. The Hall–Kier alpha value is -1.04. The zero-order chi connectivity index (χ0) is 15.4. The summed E-state index contributed by atoms with van der Waals surface area (Å²) in [5.41, 5.74) is 0. The highest BCUT2D eigenvalue weighted by Gasteiger charge is 1.81. The van der Waals surface area contributed by atoms with Gasteiger partial charge in [-0.2, -0.15) is 0 Å². The molecule has 0 unspecified atom stereocenters. The lowest BCUT2D eigenvalue weighted by atomic mass is 10.2. The van der Waals surface area contributed by atoms with Crippen molar-refractivity contribution >= 4 is 0 Å². The first-order valence-corrected chi connectivity index (χ1v) is 8.79. The summed E-state index contributed by atoms with van der Waals surface area (Å²) in [5.74, 6) is 0. The maximum atomic E-state index is 2.32. The zero-order valence-corrected chi connectivity index (χ0v) is 14.3. The molecule has 0 heteroatoms. The second-order valence-corrected chi connectivity index (χ2v) is 5.43. The molecule has 0 atom stereocenters. The summed E-state index contributed by atoms with van der Waals surface area (Å²) in [6.07, 6.45) is 32.6. The Bertz CT molecular complexity index is 261. The van der Waals surface area contributed by atoms with E-state index in [1.54, 1.807) is 0 Å². The highest BCUT2D eigenvalue weighted by Crippen LogP contribution is 2.01. The Morgan fingerprint density at radius 2 is 1.00 bits per heavy atom. The van der Waals surface area contributed by atoms with Gasteiger partial charge in [0.25, 0.3) is 0 Å². The van der Waals surface area contributed by atoms with Gasteiger partial charge in [-0.15, -0.1) is 0 Å². The van der Waals surface area contributed by atoms with Crippen molar-refractivity contribution in [3.05, 3.63) is 55.0 Å². The van der Waals surface area contributed by atoms with E-state index in [9.17, 15) is 0 Å². The molecule has 0 bridgehead atoms. The Balaban J connectivity index is 3.35. The highest BCUT2D eigenvalue weighted by atomic mass is 13.9. The van der Waals surface area contributed by atoms with Gasteiger partial charge in [0.05, 0.1) is 0 Å². The van der Waals surface area contributed by atoms with Gasteiger partial charge in [-0.1, -0.05) is 81.7 Å². The van der Waals surface area contributed by atoms with E-state index in [-0.39, 0.29) is 0 Å². The van der Waals surface area contributed by atoms with Crippen molar-refractivity contribution < 1.29 is 0 Å². The van der Waals surface area contributed by atoms with Crippen LogP contribution >= 0.6 is 0 Å². The summed E-state index contributed by atoms with van der Waals surface area (Å²) in [6, 6.07) is 0. The van der Waals surface area contributed by atoms with Crippen LogP contribution in [-0.2, 0) is 0 Å². The molecule has 0 heterocycles. The standard InChI is InChI=1S/C21H35/c1-3-5-7-9-11-13-15-17-19-21-20-18-16-14-12-10-8-6-4-2/h3,11-14,17-20H,4-10,15-16,21H2,1-2H3/b13-11-,14-12-,19-17-,20-18-. The lowest BCUT2D eigenvalue weighted by Gasteiger charge is -1.91. The Morgan fingerprint density at radius 1 is 0.524 bits per heavy atom. The second kappa shape index (κ2) is 19.0. The first-order chi connectivity index (χ1) is 10.4. The van der Waals surface area contributed by atoms with Crippen LogP contribution in [0, 0.1) is 6.42 Å². The molecule has 0 aromatic carbocycles.